The molecule has 18 heavy (non-hydrogen) atoms. The molecule has 3 atom stereocenters. The van der Waals surface area contributed by atoms with Crippen molar-refractivity contribution in [2.45, 2.75) is 38.8 Å². The van der Waals surface area contributed by atoms with Crippen LogP contribution in [0.4, 0.5) is 5.69 Å². The summed E-state index contributed by atoms with van der Waals surface area (Å²) in [5.41, 5.74) is 1.30. The van der Waals surface area contributed by atoms with Gasteiger partial charge in [0.25, 0.3) is 0 Å². The molecular formula is C14H24N2OS. The van der Waals surface area contributed by atoms with Crippen molar-refractivity contribution in [1.82, 2.24) is 5.32 Å². The van der Waals surface area contributed by atoms with Gasteiger partial charge in [0.2, 0.25) is 0 Å². The monoisotopic (exact) mass is 268 g/mol. The quantitative estimate of drug-likeness (QED) is 0.860. The fourth-order valence-electron chi connectivity index (χ4n) is 2.63. The van der Waals surface area contributed by atoms with Gasteiger partial charge in [0.05, 0.1) is 6.10 Å². The first kappa shape index (κ1) is 13.8. The number of rotatable bonds is 5. The standard InChI is InChI=1S/C14H24N2OS/c1-3-5-15-13-7-12(11(2)17)8-16(9-13)14-4-6-18-10-14/h4,6,10-13,15,17H,3,5,7-9H2,1-2H3. The topological polar surface area (TPSA) is 35.5 Å². The highest BCUT2D eigenvalue weighted by atomic mass is 32.1. The van der Waals surface area contributed by atoms with Crippen LogP contribution in [-0.2, 0) is 0 Å². The lowest BCUT2D eigenvalue weighted by Crippen LogP contribution is -2.51. The van der Waals surface area contributed by atoms with Crippen molar-refractivity contribution in [2.24, 2.45) is 5.92 Å². The van der Waals surface area contributed by atoms with Gasteiger partial charge in [-0.25, -0.2) is 0 Å². The van der Waals surface area contributed by atoms with E-state index in [1.165, 1.54) is 5.69 Å². The molecule has 1 fully saturated rings. The Balaban J connectivity index is 2.02. The number of hydrogen-bond acceptors (Lipinski definition) is 4. The largest absolute Gasteiger partial charge is 0.393 e. The molecule has 0 spiro atoms. The van der Waals surface area contributed by atoms with Crippen molar-refractivity contribution in [2.75, 3.05) is 24.5 Å². The molecule has 1 aromatic heterocycles. The predicted octanol–water partition coefficient (Wildman–Crippen LogP) is 2.32. The fourth-order valence-corrected chi connectivity index (χ4v) is 3.30. The zero-order valence-electron chi connectivity index (χ0n) is 11.3. The van der Waals surface area contributed by atoms with Crippen LogP contribution in [0.25, 0.3) is 0 Å². The molecule has 3 unspecified atom stereocenters. The smallest absolute Gasteiger partial charge is 0.0557 e. The lowest BCUT2D eigenvalue weighted by Gasteiger charge is -2.40. The third-order valence-electron chi connectivity index (χ3n) is 3.72. The Morgan fingerprint density at radius 1 is 1.56 bits per heavy atom. The Bertz CT molecular complexity index is 340. The second kappa shape index (κ2) is 6.55. The minimum absolute atomic E-state index is 0.225. The maximum Gasteiger partial charge on any atom is 0.0557 e. The highest BCUT2D eigenvalue weighted by Crippen LogP contribution is 2.26. The van der Waals surface area contributed by atoms with Gasteiger partial charge in [0.15, 0.2) is 0 Å². The van der Waals surface area contributed by atoms with E-state index in [1.807, 2.05) is 6.92 Å². The van der Waals surface area contributed by atoms with Gasteiger partial charge in [-0.15, -0.1) is 0 Å². The van der Waals surface area contributed by atoms with E-state index in [0.29, 0.717) is 12.0 Å². The van der Waals surface area contributed by atoms with E-state index in [9.17, 15) is 5.11 Å². The van der Waals surface area contributed by atoms with Crippen LogP contribution in [0.3, 0.4) is 0 Å². The van der Waals surface area contributed by atoms with Crippen LogP contribution in [0.15, 0.2) is 16.8 Å². The number of aliphatic hydroxyl groups excluding tert-OH is 1. The van der Waals surface area contributed by atoms with Crippen LogP contribution in [0.2, 0.25) is 0 Å². The molecule has 0 saturated carbocycles. The minimum atomic E-state index is -0.225. The zero-order valence-corrected chi connectivity index (χ0v) is 12.1. The van der Waals surface area contributed by atoms with Gasteiger partial charge < -0.3 is 15.3 Å². The summed E-state index contributed by atoms with van der Waals surface area (Å²) in [6.45, 7) is 7.20. The minimum Gasteiger partial charge on any atom is -0.393 e. The third-order valence-corrected chi connectivity index (χ3v) is 4.39. The number of piperidine rings is 1. The molecule has 0 bridgehead atoms. The van der Waals surface area contributed by atoms with Crippen molar-refractivity contribution in [1.29, 1.82) is 0 Å². The number of hydrogen-bond donors (Lipinski definition) is 2. The second-order valence-corrected chi connectivity index (χ2v) is 6.05. The summed E-state index contributed by atoms with van der Waals surface area (Å²) in [4.78, 5) is 2.41. The SMILES string of the molecule is CCCNC1CC(C(C)O)CN(c2ccsc2)C1. The first-order chi connectivity index (χ1) is 8.70. The molecule has 1 aromatic rings. The molecule has 3 nitrogen and oxygen atoms in total. The van der Waals surface area contributed by atoms with Gasteiger partial charge in [0.1, 0.15) is 0 Å². The van der Waals surface area contributed by atoms with Gasteiger partial charge in [-0.3, -0.25) is 0 Å². The lowest BCUT2D eigenvalue weighted by atomic mass is 9.90. The van der Waals surface area contributed by atoms with Crippen molar-refractivity contribution >= 4 is 17.0 Å². The van der Waals surface area contributed by atoms with E-state index in [2.05, 4.69) is 34.0 Å². The number of nitrogens with one attached hydrogen (secondary N) is 1. The number of anilines is 1. The summed E-state index contributed by atoms with van der Waals surface area (Å²) in [7, 11) is 0. The van der Waals surface area contributed by atoms with E-state index in [1.54, 1.807) is 11.3 Å². The average Bonchev–Trinajstić information content (AvgIpc) is 2.89. The van der Waals surface area contributed by atoms with E-state index in [4.69, 9.17) is 0 Å². The van der Waals surface area contributed by atoms with Crippen molar-refractivity contribution in [3.8, 4) is 0 Å². The maximum atomic E-state index is 9.88. The first-order valence-electron chi connectivity index (χ1n) is 6.89. The summed E-state index contributed by atoms with van der Waals surface area (Å²) in [6.07, 6.45) is 2.02. The van der Waals surface area contributed by atoms with Crippen LogP contribution in [-0.4, -0.2) is 36.9 Å². The molecule has 2 heterocycles. The molecule has 0 aromatic carbocycles. The maximum absolute atomic E-state index is 9.88. The number of thiophene rings is 1. The molecule has 1 aliphatic rings. The number of nitrogens with zero attached hydrogens (tertiary/aromatic N) is 1. The van der Waals surface area contributed by atoms with Crippen molar-refractivity contribution in [3.63, 3.8) is 0 Å². The molecule has 4 heteroatoms. The molecule has 1 aliphatic heterocycles. The third kappa shape index (κ3) is 3.46. The molecule has 0 aliphatic carbocycles. The van der Waals surface area contributed by atoms with E-state index >= 15 is 0 Å². The summed E-state index contributed by atoms with van der Waals surface area (Å²) >= 11 is 1.74. The van der Waals surface area contributed by atoms with Gasteiger partial charge in [-0.2, -0.15) is 11.3 Å². The van der Waals surface area contributed by atoms with Crippen LogP contribution >= 0.6 is 11.3 Å². The summed E-state index contributed by atoms with van der Waals surface area (Å²) in [6, 6.07) is 2.67. The molecule has 2 rings (SSSR count). The van der Waals surface area contributed by atoms with E-state index in [0.717, 1.165) is 32.5 Å². The molecule has 2 N–H and O–H groups in total. The van der Waals surface area contributed by atoms with Gasteiger partial charge in [-0.1, -0.05) is 6.92 Å². The molecule has 0 radical (unpaired) electrons. The van der Waals surface area contributed by atoms with Crippen LogP contribution < -0.4 is 10.2 Å². The van der Waals surface area contributed by atoms with Gasteiger partial charge in [-0.05, 0) is 37.8 Å². The normalized spacial score (nSPS) is 26.3. The summed E-state index contributed by atoms with van der Waals surface area (Å²) < 4.78 is 0. The number of aliphatic hydroxyl groups is 1. The van der Waals surface area contributed by atoms with Gasteiger partial charge >= 0.3 is 0 Å². The van der Waals surface area contributed by atoms with E-state index in [-0.39, 0.29) is 6.10 Å². The van der Waals surface area contributed by atoms with Crippen LogP contribution in [0.5, 0.6) is 0 Å². The first-order valence-corrected chi connectivity index (χ1v) is 7.83. The summed E-state index contributed by atoms with van der Waals surface area (Å²) in [5, 5.41) is 17.8. The second-order valence-electron chi connectivity index (χ2n) is 5.27. The zero-order chi connectivity index (χ0) is 13.0. The van der Waals surface area contributed by atoms with Crippen molar-refractivity contribution < 1.29 is 5.11 Å². The highest BCUT2D eigenvalue weighted by Gasteiger charge is 2.29. The van der Waals surface area contributed by atoms with Crippen LogP contribution in [0.1, 0.15) is 26.7 Å². The Morgan fingerprint density at radius 3 is 3.00 bits per heavy atom. The highest BCUT2D eigenvalue weighted by molar-refractivity contribution is 7.08. The Kier molecular flexibility index (Phi) is 5.03. The Labute approximate surface area is 114 Å². The van der Waals surface area contributed by atoms with Crippen LogP contribution in [0, 0.1) is 5.92 Å². The average molecular weight is 268 g/mol. The van der Waals surface area contributed by atoms with Crippen molar-refractivity contribution in [3.05, 3.63) is 16.8 Å². The van der Waals surface area contributed by atoms with Gasteiger partial charge in [0, 0.05) is 36.1 Å². The predicted molar refractivity (Wildman–Crippen MR) is 78.4 cm³/mol. The van der Waals surface area contributed by atoms with E-state index < -0.39 is 0 Å². The molecule has 1 saturated heterocycles. The molecule has 0 amide bonds. The fraction of sp³-hybridized carbons (Fsp3) is 0.714. The Hall–Kier alpha value is -0.580. The summed E-state index contributed by atoms with van der Waals surface area (Å²) in [5.74, 6) is 0.369. The Morgan fingerprint density at radius 2 is 2.39 bits per heavy atom. The lowest BCUT2D eigenvalue weighted by molar-refractivity contribution is 0.106. The molecule has 102 valence electrons. The molecular weight excluding hydrogens is 244 g/mol.